The molecule has 0 radical (unpaired) electrons. The molecule has 0 bridgehead atoms. The number of carbonyl (C=O) groups excluding carboxylic acids is 1. The Hall–Kier alpha value is -2.08. The van der Waals surface area contributed by atoms with Crippen LogP contribution in [0.15, 0.2) is 29.3 Å². The molecular weight excluding hydrogens is 338 g/mol. The molecule has 148 valence electrons. The molecule has 0 aromatic heterocycles. The minimum Gasteiger partial charge on any atom is -0.352 e. The maximum atomic E-state index is 12.6. The molecule has 2 aliphatic heterocycles. The van der Waals surface area contributed by atoms with Crippen LogP contribution in [0, 0.1) is 6.92 Å². The maximum Gasteiger partial charge on any atom is 0.239 e. The van der Waals surface area contributed by atoms with Crippen molar-refractivity contribution in [2.45, 2.75) is 39.3 Å². The van der Waals surface area contributed by atoms with Crippen LogP contribution in [-0.4, -0.2) is 78.9 Å². The molecule has 1 aromatic rings. The van der Waals surface area contributed by atoms with Crippen LogP contribution in [-0.2, 0) is 11.3 Å². The summed E-state index contributed by atoms with van der Waals surface area (Å²) in [5.41, 5.74) is 2.58. The van der Waals surface area contributed by atoms with Crippen molar-refractivity contribution >= 4 is 11.9 Å². The first-order valence-electron chi connectivity index (χ1n) is 10.1. The Bertz CT molecular complexity index is 660. The molecule has 0 aliphatic carbocycles. The molecule has 6 heteroatoms. The van der Waals surface area contributed by atoms with E-state index in [1.165, 1.54) is 11.1 Å². The van der Waals surface area contributed by atoms with Gasteiger partial charge in [-0.15, -0.1) is 0 Å². The van der Waals surface area contributed by atoms with Gasteiger partial charge in [-0.1, -0.05) is 24.3 Å². The molecule has 1 N–H and O–H groups in total. The predicted molar refractivity (Wildman–Crippen MR) is 110 cm³/mol. The largest absolute Gasteiger partial charge is 0.352 e. The quantitative estimate of drug-likeness (QED) is 0.647. The summed E-state index contributed by atoms with van der Waals surface area (Å²) in [6.45, 7) is 10.4. The Labute approximate surface area is 163 Å². The van der Waals surface area contributed by atoms with Crippen LogP contribution in [0.5, 0.6) is 0 Å². The number of nitrogens with one attached hydrogen (secondary N) is 1. The number of rotatable bonds is 4. The van der Waals surface area contributed by atoms with E-state index < -0.39 is 0 Å². The highest BCUT2D eigenvalue weighted by Crippen LogP contribution is 2.14. The SMILES string of the molecule is CN=C(NCc1ccccc1C)N1CCN(C(C)C(=O)N2CCCC2)CC1. The number of likely N-dealkylation sites (tertiary alicyclic amines) is 1. The summed E-state index contributed by atoms with van der Waals surface area (Å²) in [4.78, 5) is 23.7. The third kappa shape index (κ3) is 4.80. The van der Waals surface area contributed by atoms with Crippen molar-refractivity contribution in [1.82, 2.24) is 20.0 Å². The second-order valence-electron chi connectivity index (χ2n) is 7.56. The smallest absolute Gasteiger partial charge is 0.239 e. The van der Waals surface area contributed by atoms with Gasteiger partial charge in [-0.05, 0) is 37.8 Å². The Morgan fingerprint density at radius 1 is 1.07 bits per heavy atom. The second-order valence-corrected chi connectivity index (χ2v) is 7.56. The van der Waals surface area contributed by atoms with Crippen LogP contribution < -0.4 is 5.32 Å². The van der Waals surface area contributed by atoms with E-state index in [4.69, 9.17) is 0 Å². The summed E-state index contributed by atoms with van der Waals surface area (Å²) in [5, 5.41) is 3.49. The average Bonchev–Trinajstić information content (AvgIpc) is 3.24. The molecule has 1 unspecified atom stereocenters. The zero-order chi connectivity index (χ0) is 19.2. The van der Waals surface area contributed by atoms with Gasteiger partial charge in [0, 0.05) is 52.9 Å². The lowest BCUT2D eigenvalue weighted by Crippen LogP contribution is -2.57. The number of carbonyl (C=O) groups is 1. The molecule has 1 amide bonds. The van der Waals surface area contributed by atoms with Crippen molar-refractivity contribution in [3.63, 3.8) is 0 Å². The van der Waals surface area contributed by atoms with E-state index in [-0.39, 0.29) is 6.04 Å². The summed E-state index contributed by atoms with van der Waals surface area (Å²) in [5.74, 6) is 1.24. The van der Waals surface area contributed by atoms with Crippen LogP contribution in [0.2, 0.25) is 0 Å². The van der Waals surface area contributed by atoms with E-state index in [0.29, 0.717) is 5.91 Å². The van der Waals surface area contributed by atoms with Crippen molar-refractivity contribution < 1.29 is 4.79 Å². The minimum absolute atomic E-state index is 0.0211. The monoisotopic (exact) mass is 371 g/mol. The van der Waals surface area contributed by atoms with Gasteiger partial charge in [0.1, 0.15) is 0 Å². The zero-order valence-electron chi connectivity index (χ0n) is 16.9. The summed E-state index contributed by atoms with van der Waals surface area (Å²) in [6, 6.07) is 8.41. The molecule has 1 aromatic carbocycles. The lowest BCUT2D eigenvalue weighted by Gasteiger charge is -2.39. The second kappa shape index (κ2) is 9.22. The average molecular weight is 372 g/mol. The summed E-state index contributed by atoms with van der Waals surface area (Å²) in [6.07, 6.45) is 2.30. The maximum absolute atomic E-state index is 12.6. The van der Waals surface area contributed by atoms with Crippen molar-refractivity contribution in [2.75, 3.05) is 46.3 Å². The van der Waals surface area contributed by atoms with Crippen molar-refractivity contribution in [3.8, 4) is 0 Å². The summed E-state index contributed by atoms with van der Waals surface area (Å²) in [7, 11) is 1.84. The number of guanidine groups is 1. The molecule has 0 spiro atoms. The van der Waals surface area contributed by atoms with Crippen molar-refractivity contribution in [2.24, 2.45) is 4.99 Å². The van der Waals surface area contributed by atoms with E-state index in [9.17, 15) is 4.79 Å². The number of aryl methyl sites for hydroxylation is 1. The molecule has 2 fully saturated rings. The topological polar surface area (TPSA) is 51.2 Å². The van der Waals surface area contributed by atoms with Gasteiger partial charge in [-0.25, -0.2) is 0 Å². The fraction of sp³-hybridized carbons (Fsp3) is 0.619. The molecular formula is C21H33N5O. The molecule has 2 heterocycles. The molecule has 27 heavy (non-hydrogen) atoms. The first kappa shape index (κ1) is 19.7. The van der Waals surface area contributed by atoms with Crippen LogP contribution in [0.3, 0.4) is 0 Å². The molecule has 1 atom stereocenters. The van der Waals surface area contributed by atoms with Crippen molar-refractivity contribution in [1.29, 1.82) is 0 Å². The van der Waals surface area contributed by atoms with Gasteiger partial charge in [0.05, 0.1) is 6.04 Å². The fourth-order valence-corrected chi connectivity index (χ4v) is 3.99. The third-order valence-electron chi connectivity index (χ3n) is 5.85. The third-order valence-corrected chi connectivity index (χ3v) is 5.85. The Morgan fingerprint density at radius 2 is 1.74 bits per heavy atom. The van der Waals surface area contributed by atoms with Gasteiger partial charge in [0.15, 0.2) is 5.96 Å². The van der Waals surface area contributed by atoms with Crippen molar-refractivity contribution in [3.05, 3.63) is 35.4 Å². The highest BCUT2D eigenvalue weighted by molar-refractivity contribution is 5.82. The first-order valence-corrected chi connectivity index (χ1v) is 10.1. The number of amides is 1. The Kier molecular flexibility index (Phi) is 6.72. The molecule has 6 nitrogen and oxygen atoms in total. The number of piperazine rings is 1. The Balaban J connectivity index is 1.49. The number of benzene rings is 1. The van der Waals surface area contributed by atoms with Gasteiger partial charge in [-0.2, -0.15) is 0 Å². The molecule has 0 saturated carbocycles. The fourth-order valence-electron chi connectivity index (χ4n) is 3.99. The number of hydrogen-bond acceptors (Lipinski definition) is 3. The minimum atomic E-state index is -0.0211. The lowest BCUT2D eigenvalue weighted by molar-refractivity contribution is -0.135. The van der Waals surface area contributed by atoms with E-state index in [0.717, 1.165) is 64.6 Å². The number of hydrogen-bond donors (Lipinski definition) is 1. The van der Waals surface area contributed by atoms with Gasteiger partial charge < -0.3 is 15.1 Å². The van der Waals surface area contributed by atoms with Crippen LogP contribution in [0.25, 0.3) is 0 Å². The number of nitrogens with zero attached hydrogens (tertiary/aromatic N) is 4. The standard InChI is InChI=1S/C21H33N5O/c1-17-8-4-5-9-19(17)16-23-21(22-3)26-14-12-24(13-15-26)18(2)20(27)25-10-6-7-11-25/h4-5,8-9,18H,6-7,10-16H2,1-3H3,(H,22,23). The van der Waals surface area contributed by atoms with Crippen LogP contribution >= 0.6 is 0 Å². The van der Waals surface area contributed by atoms with Gasteiger partial charge >= 0.3 is 0 Å². The Morgan fingerprint density at radius 3 is 2.37 bits per heavy atom. The summed E-state index contributed by atoms with van der Waals surface area (Å²) >= 11 is 0. The van der Waals surface area contributed by atoms with E-state index >= 15 is 0 Å². The zero-order valence-corrected chi connectivity index (χ0v) is 16.9. The van der Waals surface area contributed by atoms with Crippen LogP contribution in [0.4, 0.5) is 0 Å². The van der Waals surface area contributed by atoms with Gasteiger partial charge in [0.2, 0.25) is 5.91 Å². The highest BCUT2D eigenvalue weighted by atomic mass is 16.2. The number of aliphatic imine (C=N–C) groups is 1. The molecule has 2 aliphatic rings. The highest BCUT2D eigenvalue weighted by Gasteiger charge is 2.30. The van der Waals surface area contributed by atoms with E-state index in [2.05, 4.69) is 58.2 Å². The van der Waals surface area contributed by atoms with E-state index in [1.54, 1.807) is 0 Å². The van der Waals surface area contributed by atoms with Gasteiger partial charge in [0.25, 0.3) is 0 Å². The first-order chi connectivity index (χ1) is 13.1. The summed E-state index contributed by atoms with van der Waals surface area (Å²) < 4.78 is 0. The van der Waals surface area contributed by atoms with Crippen LogP contribution in [0.1, 0.15) is 30.9 Å². The van der Waals surface area contributed by atoms with E-state index in [1.807, 2.05) is 11.9 Å². The lowest BCUT2D eigenvalue weighted by atomic mass is 10.1. The van der Waals surface area contributed by atoms with Gasteiger partial charge in [-0.3, -0.25) is 14.7 Å². The normalized spacial score (nSPS) is 20.0. The molecule has 3 rings (SSSR count). The molecule has 2 saturated heterocycles. The predicted octanol–water partition coefficient (Wildman–Crippen LogP) is 1.70.